The summed E-state index contributed by atoms with van der Waals surface area (Å²) < 4.78 is 0. The normalized spacial score (nSPS) is 10.8. The Hall–Kier alpha value is -2.55. The molecule has 0 radical (unpaired) electrons. The summed E-state index contributed by atoms with van der Waals surface area (Å²) in [6.07, 6.45) is 0.801. The molecule has 1 heterocycles. The van der Waals surface area contributed by atoms with Gasteiger partial charge >= 0.3 is 5.97 Å². The average molecular weight is 265 g/mol. The van der Waals surface area contributed by atoms with Crippen molar-refractivity contribution in [3.8, 4) is 0 Å². The van der Waals surface area contributed by atoms with Crippen LogP contribution < -0.4 is 0 Å². The molecule has 3 heteroatoms. The van der Waals surface area contributed by atoms with Gasteiger partial charge in [-0.25, -0.2) is 4.79 Å². The van der Waals surface area contributed by atoms with Gasteiger partial charge in [0.2, 0.25) is 0 Å². The van der Waals surface area contributed by atoms with Crippen LogP contribution in [0.15, 0.2) is 48.5 Å². The third-order valence-corrected chi connectivity index (χ3v) is 3.61. The summed E-state index contributed by atoms with van der Waals surface area (Å²) in [4.78, 5) is 14.2. The van der Waals surface area contributed by atoms with Crippen molar-refractivity contribution in [2.24, 2.45) is 0 Å². The van der Waals surface area contributed by atoms with E-state index in [4.69, 9.17) is 5.11 Å². The van der Waals surface area contributed by atoms with Crippen molar-refractivity contribution in [3.63, 3.8) is 0 Å². The molecule has 2 N–H and O–H groups in total. The number of aryl methyl sites for hydroxylation is 1. The number of aromatic nitrogens is 1. The Morgan fingerprint density at radius 3 is 2.50 bits per heavy atom. The second kappa shape index (κ2) is 4.85. The Labute approximate surface area is 116 Å². The van der Waals surface area contributed by atoms with E-state index in [1.165, 1.54) is 10.9 Å². The van der Waals surface area contributed by atoms with E-state index in [1.807, 2.05) is 24.3 Å². The zero-order valence-corrected chi connectivity index (χ0v) is 11.2. The Morgan fingerprint density at radius 2 is 1.80 bits per heavy atom. The molecule has 0 atom stereocenters. The minimum Gasteiger partial charge on any atom is -0.478 e. The van der Waals surface area contributed by atoms with Crippen LogP contribution in [0.5, 0.6) is 0 Å². The number of carbonyl (C=O) groups is 1. The van der Waals surface area contributed by atoms with Crippen molar-refractivity contribution in [1.29, 1.82) is 0 Å². The van der Waals surface area contributed by atoms with Crippen molar-refractivity contribution in [1.82, 2.24) is 4.98 Å². The quantitative estimate of drug-likeness (QED) is 0.757. The van der Waals surface area contributed by atoms with Gasteiger partial charge in [-0.05, 0) is 42.7 Å². The maximum Gasteiger partial charge on any atom is 0.335 e. The van der Waals surface area contributed by atoms with Crippen molar-refractivity contribution >= 4 is 16.9 Å². The van der Waals surface area contributed by atoms with E-state index in [-0.39, 0.29) is 0 Å². The summed E-state index contributed by atoms with van der Waals surface area (Å²) in [5.41, 5.74) is 5.01. The Balaban J connectivity index is 1.96. The van der Waals surface area contributed by atoms with Crippen molar-refractivity contribution < 1.29 is 9.90 Å². The van der Waals surface area contributed by atoms with Crippen molar-refractivity contribution in [3.05, 3.63) is 70.9 Å². The van der Waals surface area contributed by atoms with Crippen LogP contribution in [0.4, 0.5) is 0 Å². The maximum atomic E-state index is 10.9. The van der Waals surface area contributed by atoms with Gasteiger partial charge in [0.05, 0.1) is 5.56 Å². The van der Waals surface area contributed by atoms with Gasteiger partial charge in [0.25, 0.3) is 0 Å². The fourth-order valence-corrected chi connectivity index (χ4v) is 2.53. The van der Waals surface area contributed by atoms with Crippen molar-refractivity contribution in [2.45, 2.75) is 13.3 Å². The molecule has 100 valence electrons. The highest BCUT2D eigenvalue weighted by atomic mass is 16.4. The van der Waals surface area contributed by atoms with E-state index in [1.54, 1.807) is 12.1 Å². The van der Waals surface area contributed by atoms with Gasteiger partial charge in [-0.2, -0.15) is 0 Å². The number of rotatable bonds is 3. The highest BCUT2D eigenvalue weighted by Gasteiger charge is 2.09. The van der Waals surface area contributed by atoms with Crippen molar-refractivity contribution in [2.75, 3.05) is 0 Å². The van der Waals surface area contributed by atoms with E-state index >= 15 is 0 Å². The lowest BCUT2D eigenvalue weighted by atomic mass is 10.0. The maximum absolute atomic E-state index is 10.9. The zero-order valence-electron chi connectivity index (χ0n) is 11.2. The number of para-hydroxylation sites is 1. The van der Waals surface area contributed by atoms with E-state index in [0.29, 0.717) is 5.56 Å². The molecule has 3 nitrogen and oxygen atoms in total. The topological polar surface area (TPSA) is 53.1 Å². The molecule has 0 saturated carbocycles. The first-order chi connectivity index (χ1) is 9.65. The summed E-state index contributed by atoms with van der Waals surface area (Å²) in [7, 11) is 0. The minimum atomic E-state index is -0.889. The van der Waals surface area contributed by atoms with Crippen LogP contribution in [0.3, 0.4) is 0 Å². The van der Waals surface area contributed by atoms with Crippen LogP contribution in [0.1, 0.15) is 27.2 Å². The number of nitrogens with one attached hydrogen (secondary N) is 1. The molecule has 3 aromatic rings. The fraction of sp³-hybridized carbons (Fsp3) is 0.118. The summed E-state index contributed by atoms with van der Waals surface area (Å²) in [6.45, 7) is 2.07. The first-order valence-electron chi connectivity index (χ1n) is 6.53. The van der Waals surface area contributed by atoms with E-state index in [0.717, 1.165) is 23.2 Å². The smallest absolute Gasteiger partial charge is 0.335 e. The summed E-state index contributed by atoms with van der Waals surface area (Å²) in [5.74, 6) is -0.889. The van der Waals surface area contributed by atoms with E-state index in [2.05, 4.69) is 24.0 Å². The predicted molar refractivity (Wildman–Crippen MR) is 79.2 cm³/mol. The van der Waals surface area contributed by atoms with Gasteiger partial charge in [0, 0.05) is 16.6 Å². The molecule has 1 aromatic heterocycles. The third-order valence-electron chi connectivity index (χ3n) is 3.61. The standard InChI is InChI=1S/C17H15NO2/c1-11-15(14-4-2-3-5-16(14)18-11)10-12-6-8-13(9-7-12)17(19)20/h2-9,18H,10H2,1H3,(H,19,20). The molecule has 20 heavy (non-hydrogen) atoms. The first-order valence-corrected chi connectivity index (χ1v) is 6.53. The molecule has 0 amide bonds. The monoisotopic (exact) mass is 265 g/mol. The van der Waals surface area contributed by atoms with E-state index in [9.17, 15) is 4.79 Å². The number of hydrogen-bond acceptors (Lipinski definition) is 1. The van der Waals surface area contributed by atoms with E-state index < -0.39 is 5.97 Å². The van der Waals surface area contributed by atoms with Crippen LogP contribution in [-0.4, -0.2) is 16.1 Å². The van der Waals surface area contributed by atoms with Gasteiger partial charge in [-0.3, -0.25) is 0 Å². The predicted octanol–water partition coefficient (Wildman–Crippen LogP) is 3.77. The number of hydrogen-bond donors (Lipinski definition) is 2. The lowest BCUT2D eigenvalue weighted by Gasteiger charge is -2.03. The molecular formula is C17H15NO2. The molecule has 0 fully saturated rings. The average Bonchev–Trinajstić information content (AvgIpc) is 2.76. The lowest BCUT2D eigenvalue weighted by molar-refractivity contribution is 0.0697. The molecule has 3 rings (SSSR count). The van der Waals surface area contributed by atoms with Crippen LogP contribution in [0.2, 0.25) is 0 Å². The number of fused-ring (bicyclic) bond motifs is 1. The zero-order chi connectivity index (χ0) is 14.1. The molecule has 0 spiro atoms. The molecule has 2 aromatic carbocycles. The highest BCUT2D eigenvalue weighted by Crippen LogP contribution is 2.24. The molecule has 0 aliphatic rings. The number of aromatic carboxylic acids is 1. The summed E-state index contributed by atoms with van der Waals surface area (Å²) in [5, 5.41) is 10.1. The van der Waals surface area contributed by atoms with Gasteiger partial charge < -0.3 is 10.1 Å². The molecule has 0 aliphatic heterocycles. The van der Waals surface area contributed by atoms with Crippen LogP contribution in [-0.2, 0) is 6.42 Å². The number of carboxylic acid groups (broad SMARTS) is 1. The second-order valence-corrected chi connectivity index (χ2v) is 4.95. The second-order valence-electron chi connectivity index (χ2n) is 4.95. The van der Waals surface area contributed by atoms with Crippen LogP contribution in [0.25, 0.3) is 10.9 Å². The Bertz CT molecular complexity index is 769. The Kier molecular flexibility index (Phi) is 3.03. The molecular weight excluding hydrogens is 250 g/mol. The minimum absolute atomic E-state index is 0.324. The van der Waals surface area contributed by atoms with Crippen LogP contribution >= 0.6 is 0 Å². The lowest BCUT2D eigenvalue weighted by Crippen LogP contribution is -1.96. The number of H-pyrrole nitrogens is 1. The largest absolute Gasteiger partial charge is 0.478 e. The first kappa shape index (κ1) is 12.5. The third kappa shape index (κ3) is 2.18. The fourth-order valence-electron chi connectivity index (χ4n) is 2.53. The summed E-state index contributed by atoms with van der Waals surface area (Å²) in [6, 6.07) is 15.3. The van der Waals surface area contributed by atoms with Gasteiger partial charge in [0.15, 0.2) is 0 Å². The highest BCUT2D eigenvalue weighted by molar-refractivity contribution is 5.87. The molecule has 0 aliphatic carbocycles. The summed E-state index contributed by atoms with van der Waals surface area (Å²) >= 11 is 0. The van der Waals surface area contributed by atoms with Gasteiger partial charge in [-0.1, -0.05) is 30.3 Å². The Morgan fingerprint density at radius 1 is 1.10 bits per heavy atom. The van der Waals surface area contributed by atoms with Gasteiger partial charge in [-0.15, -0.1) is 0 Å². The van der Waals surface area contributed by atoms with Gasteiger partial charge in [0.1, 0.15) is 0 Å². The SMILES string of the molecule is Cc1[nH]c2ccccc2c1Cc1ccc(C(=O)O)cc1. The number of benzene rings is 2. The molecule has 0 saturated heterocycles. The number of aromatic amines is 1. The number of carboxylic acids is 1. The molecule has 0 unspecified atom stereocenters. The molecule has 0 bridgehead atoms. The van der Waals surface area contributed by atoms with Crippen LogP contribution in [0, 0.1) is 6.92 Å².